The number of hydrogen-bond acceptors (Lipinski definition) is 2. The number of aromatic nitrogens is 1. The van der Waals surface area contributed by atoms with Gasteiger partial charge in [0.1, 0.15) is 6.54 Å². The highest BCUT2D eigenvalue weighted by molar-refractivity contribution is 5.84. The van der Waals surface area contributed by atoms with E-state index in [2.05, 4.69) is 0 Å². The van der Waals surface area contributed by atoms with Crippen molar-refractivity contribution in [3.8, 4) is 0 Å². The smallest absolute Gasteiger partial charge is 0.323 e. The molecule has 3 aromatic rings. The molecule has 1 N–H and O–H groups in total. The summed E-state index contributed by atoms with van der Waals surface area (Å²) in [5.74, 6) is -0.926. The Morgan fingerprint density at radius 1 is 1.12 bits per heavy atom. The molecule has 24 heavy (non-hydrogen) atoms. The average Bonchev–Trinajstić information content (AvgIpc) is 2.51. The first-order chi connectivity index (χ1) is 11.5. The Morgan fingerprint density at radius 2 is 1.88 bits per heavy atom. The molecular formula is C20H19NO3. The van der Waals surface area contributed by atoms with Gasteiger partial charge in [-0.15, -0.1) is 0 Å². The molecule has 0 aliphatic heterocycles. The van der Waals surface area contributed by atoms with Crippen LogP contribution in [0.1, 0.15) is 22.3 Å². The summed E-state index contributed by atoms with van der Waals surface area (Å²) in [5.41, 5.74) is 4.35. The quantitative estimate of drug-likeness (QED) is 0.802. The molecule has 0 aliphatic rings. The highest BCUT2D eigenvalue weighted by Crippen LogP contribution is 2.18. The van der Waals surface area contributed by atoms with Crippen LogP contribution in [0, 0.1) is 13.8 Å². The molecule has 0 fully saturated rings. The summed E-state index contributed by atoms with van der Waals surface area (Å²) in [4.78, 5) is 24.1. The molecule has 3 rings (SSSR count). The predicted octanol–water partition coefficient (Wildman–Crippen LogP) is 3.29. The second kappa shape index (κ2) is 6.32. The third-order valence-corrected chi connectivity index (χ3v) is 4.16. The molecule has 0 atom stereocenters. The van der Waals surface area contributed by atoms with Crippen molar-refractivity contribution in [2.75, 3.05) is 0 Å². The summed E-state index contributed by atoms with van der Waals surface area (Å²) in [6.07, 6.45) is 2.18. The minimum Gasteiger partial charge on any atom is -0.480 e. The molecule has 1 aromatic heterocycles. The van der Waals surface area contributed by atoms with Gasteiger partial charge < -0.3 is 9.67 Å². The second-order valence-electron chi connectivity index (χ2n) is 6.14. The molecule has 0 saturated carbocycles. The molecule has 0 amide bonds. The lowest BCUT2D eigenvalue weighted by atomic mass is 10.0. The van der Waals surface area contributed by atoms with Gasteiger partial charge in [0.2, 0.25) is 0 Å². The van der Waals surface area contributed by atoms with Crippen LogP contribution in [0.3, 0.4) is 0 Å². The zero-order valence-corrected chi connectivity index (χ0v) is 13.7. The number of aryl methyl sites for hydroxylation is 2. The van der Waals surface area contributed by atoms with E-state index in [0.29, 0.717) is 22.9 Å². The van der Waals surface area contributed by atoms with Crippen molar-refractivity contribution in [1.82, 2.24) is 4.57 Å². The summed E-state index contributed by atoms with van der Waals surface area (Å²) in [6, 6.07) is 13.5. The standard InChI is InChI=1S/C20H19NO3/c1-13-5-3-7-15(9-13)10-16-11-21(12-18(22)23)19-14(2)6-4-8-17(19)20(16)24/h3-9,11H,10,12H2,1-2H3,(H,22,23). The van der Waals surface area contributed by atoms with E-state index in [1.54, 1.807) is 16.8 Å². The van der Waals surface area contributed by atoms with Crippen LogP contribution in [0.4, 0.5) is 0 Å². The van der Waals surface area contributed by atoms with Crippen LogP contribution < -0.4 is 5.43 Å². The molecule has 2 aromatic carbocycles. The van der Waals surface area contributed by atoms with E-state index in [4.69, 9.17) is 0 Å². The number of hydrogen-bond donors (Lipinski definition) is 1. The zero-order valence-electron chi connectivity index (χ0n) is 13.7. The molecule has 0 bridgehead atoms. The highest BCUT2D eigenvalue weighted by Gasteiger charge is 2.13. The van der Waals surface area contributed by atoms with Crippen molar-refractivity contribution in [3.05, 3.63) is 81.1 Å². The lowest BCUT2D eigenvalue weighted by molar-refractivity contribution is -0.137. The van der Waals surface area contributed by atoms with Gasteiger partial charge in [-0.2, -0.15) is 0 Å². The number of carboxylic acid groups (broad SMARTS) is 1. The van der Waals surface area contributed by atoms with Gasteiger partial charge in [0.15, 0.2) is 5.43 Å². The fourth-order valence-electron chi connectivity index (χ4n) is 3.15. The van der Waals surface area contributed by atoms with Crippen molar-refractivity contribution >= 4 is 16.9 Å². The van der Waals surface area contributed by atoms with E-state index in [9.17, 15) is 14.7 Å². The number of carboxylic acids is 1. The third kappa shape index (κ3) is 3.08. The van der Waals surface area contributed by atoms with Crippen molar-refractivity contribution in [3.63, 3.8) is 0 Å². The Balaban J connectivity index is 2.20. The molecule has 122 valence electrons. The third-order valence-electron chi connectivity index (χ3n) is 4.16. The number of nitrogens with zero attached hydrogens (tertiary/aromatic N) is 1. The average molecular weight is 321 g/mol. The minimum absolute atomic E-state index is 0.0307. The number of benzene rings is 2. The molecule has 1 heterocycles. The van der Waals surface area contributed by atoms with Crippen LogP contribution in [0.25, 0.3) is 10.9 Å². The maximum atomic E-state index is 12.8. The summed E-state index contributed by atoms with van der Waals surface area (Å²) < 4.78 is 1.67. The SMILES string of the molecule is Cc1cccc(Cc2cn(CC(=O)O)c3c(C)cccc3c2=O)c1. The lowest BCUT2D eigenvalue weighted by Crippen LogP contribution is -2.18. The van der Waals surface area contributed by atoms with Gasteiger partial charge in [-0.1, -0.05) is 42.0 Å². The molecule has 0 radical (unpaired) electrons. The van der Waals surface area contributed by atoms with Gasteiger partial charge in [-0.05, 0) is 31.0 Å². The number of pyridine rings is 1. The molecule has 4 heteroatoms. The Morgan fingerprint density at radius 3 is 2.58 bits per heavy atom. The van der Waals surface area contributed by atoms with E-state index in [0.717, 1.165) is 16.7 Å². The van der Waals surface area contributed by atoms with Gasteiger partial charge in [0.05, 0.1) is 5.52 Å². The Kier molecular flexibility index (Phi) is 4.21. The lowest BCUT2D eigenvalue weighted by Gasteiger charge is -2.14. The van der Waals surface area contributed by atoms with Crippen LogP contribution in [-0.2, 0) is 17.8 Å². The van der Waals surface area contributed by atoms with Crippen molar-refractivity contribution < 1.29 is 9.90 Å². The minimum atomic E-state index is -0.926. The Bertz CT molecular complexity index is 986. The molecule has 0 unspecified atom stereocenters. The first-order valence-corrected chi connectivity index (χ1v) is 7.84. The number of carbonyl (C=O) groups is 1. The number of aliphatic carboxylic acids is 1. The maximum absolute atomic E-state index is 12.8. The first-order valence-electron chi connectivity index (χ1n) is 7.84. The topological polar surface area (TPSA) is 59.3 Å². The fourth-order valence-corrected chi connectivity index (χ4v) is 3.15. The summed E-state index contributed by atoms with van der Waals surface area (Å²) >= 11 is 0. The van der Waals surface area contributed by atoms with Crippen LogP contribution >= 0.6 is 0 Å². The summed E-state index contributed by atoms with van der Waals surface area (Å²) in [6.45, 7) is 3.73. The molecule has 0 saturated heterocycles. The van der Waals surface area contributed by atoms with Crippen LogP contribution in [0.15, 0.2) is 53.5 Å². The van der Waals surface area contributed by atoms with E-state index in [-0.39, 0.29) is 12.0 Å². The van der Waals surface area contributed by atoms with Crippen LogP contribution in [0.5, 0.6) is 0 Å². The summed E-state index contributed by atoms with van der Waals surface area (Å²) in [7, 11) is 0. The number of rotatable bonds is 4. The van der Waals surface area contributed by atoms with E-state index in [1.165, 1.54) is 0 Å². The van der Waals surface area contributed by atoms with Crippen molar-refractivity contribution in [1.29, 1.82) is 0 Å². The van der Waals surface area contributed by atoms with Crippen molar-refractivity contribution in [2.45, 2.75) is 26.8 Å². The normalized spacial score (nSPS) is 10.9. The largest absolute Gasteiger partial charge is 0.480 e. The molecule has 4 nitrogen and oxygen atoms in total. The van der Waals surface area contributed by atoms with Gasteiger partial charge in [-0.3, -0.25) is 9.59 Å². The summed E-state index contributed by atoms with van der Waals surface area (Å²) in [5, 5.41) is 9.78. The Labute approximate surface area is 140 Å². The fraction of sp³-hybridized carbons (Fsp3) is 0.200. The molecular weight excluding hydrogens is 302 g/mol. The Hall–Kier alpha value is -2.88. The van der Waals surface area contributed by atoms with Gasteiger partial charge in [0.25, 0.3) is 0 Å². The van der Waals surface area contributed by atoms with Gasteiger partial charge in [0, 0.05) is 23.6 Å². The van der Waals surface area contributed by atoms with E-state index < -0.39 is 5.97 Å². The van der Waals surface area contributed by atoms with Gasteiger partial charge >= 0.3 is 5.97 Å². The maximum Gasteiger partial charge on any atom is 0.323 e. The van der Waals surface area contributed by atoms with Crippen LogP contribution in [0.2, 0.25) is 0 Å². The van der Waals surface area contributed by atoms with E-state index >= 15 is 0 Å². The highest BCUT2D eigenvalue weighted by atomic mass is 16.4. The number of para-hydroxylation sites is 1. The molecule has 0 aliphatic carbocycles. The zero-order chi connectivity index (χ0) is 17.3. The first kappa shape index (κ1) is 16.0. The van der Waals surface area contributed by atoms with Gasteiger partial charge in [-0.25, -0.2) is 0 Å². The monoisotopic (exact) mass is 321 g/mol. The second-order valence-corrected chi connectivity index (χ2v) is 6.14. The molecule has 0 spiro atoms. The van der Waals surface area contributed by atoms with Crippen molar-refractivity contribution in [2.24, 2.45) is 0 Å². The van der Waals surface area contributed by atoms with Crippen LogP contribution in [-0.4, -0.2) is 15.6 Å². The number of fused-ring (bicyclic) bond motifs is 1. The van der Waals surface area contributed by atoms with E-state index in [1.807, 2.05) is 50.2 Å². The predicted molar refractivity (Wildman–Crippen MR) is 94.6 cm³/mol.